The quantitative estimate of drug-likeness (QED) is 0.315. The summed E-state index contributed by atoms with van der Waals surface area (Å²) in [5.74, 6) is 0.877. The van der Waals surface area contributed by atoms with Gasteiger partial charge in [-0.1, -0.05) is 24.3 Å². The molecule has 3 aromatic carbocycles. The first-order valence-electron chi connectivity index (χ1n) is 9.85. The number of carbonyl (C=O) groups is 1. The minimum atomic E-state index is -4.42. The van der Waals surface area contributed by atoms with Gasteiger partial charge in [0.25, 0.3) is 0 Å². The molecule has 0 bridgehead atoms. The van der Waals surface area contributed by atoms with Gasteiger partial charge < -0.3 is 15.2 Å². The fraction of sp³-hybridized carbons (Fsp3) is 0.0800. The monoisotopic (exact) mass is 469 g/mol. The van der Waals surface area contributed by atoms with Crippen LogP contribution < -0.4 is 10.1 Å². The summed E-state index contributed by atoms with van der Waals surface area (Å²) < 4.78 is 45.8. The molecule has 0 spiro atoms. The first-order chi connectivity index (χ1) is 15.7. The average molecular weight is 469 g/mol. The van der Waals surface area contributed by atoms with Crippen molar-refractivity contribution < 1.29 is 27.8 Å². The Morgan fingerprint density at radius 2 is 1.73 bits per heavy atom. The van der Waals surface area contributed by atoms with E-state index in [0.717, 1.165) is 27.8 Å². The number of thiophene rings is 1. The van der Waals surface area contributed by atoms with Gasteiger partial charge in [0.2, 0.25) is 5.91 Å². The van der Waals surface area contributed by atoms with Gasteiger partial charge in [0, 0.05) is 23.2 Å². The number of hydrogen-bond acceptors (Lipinski definition) is 4. The van der Waals surface area contributed by atoms with E-state index in [1.165, 1.54) is 35.6 Å². The molecule has 1 amide bonds. The highest BCUT2D eigenvalue weighted by Crippen LogP contribution is 2.47. The van der Waals surface area contributed by atoms with Crippen molar-refractivity contribution in [1.29, 1.82) is 0 Å². The maximum atomic E-state index is 13.0. The second-order valence-electron chi connectivity index (χ2n) is 7.13. The summed E-state index contributed by atoms with van der Waals surface area (Å²) in [7, 11) is 1.54. The summed E-state index contributed by atoms with van der Waals surface area (Å²) in [5, 5.41) is 13.1. The molecule has 4 nitrogen and oxygen atoms in total. The summed E-state index contributed by atoms with van der Waals surface area (Å²) in [6.45, 7) is 0. The highest BCUT2D eigenvalue weighted by molar-refractivity contribution is 7.22. The molecule has 0 aliphatic heterocycles. The molecule has 0 aliphatic rings. The SMILES string of the molecule is CNC(=O)C=Cc1ccc(Oc2c(-c3ccc(C(F)(F)F)cc3)sc3cc(O)ccc23)cc1. The molecule has 4 rings (SSSR count). The number of phenols is 1. The number of likely N-dealkylation sites (N-methyl/N-ethyl adjacent to an activating group) is 1. The van der Waals surface area contributed by atoms with Crippen LogP contribution in [0.25, 0.3) is 26.6 Å². The Morgan fingerprint density at radius 1 is 1.03 bits per heavy atom. The van der Waals surface area contributed by atoms with Gasteiger partial charge in [-0.2, -0.15) is 13.2 Å². The van der Waals surface area contributed by atoms with Crippen LogP contribution in [-0.4, -0.2) is 18.1 Å². The van der Waals surface area contributed by atoms with Crippen LogP contribution in [0.4, 0.5) is 13.2 Å². The van der Waals surface area contributed by atoms with E-state index in [4.69, 9.17) is 4.74 Å². The normalized spacial score (nSPS) is 11.8. The van der Waals surface area contributed by atoms with Crippen LogP contribution in [0.1, 0.15) is 11.1 Å². The largest absolute Gasteiger partial charge is 0.508 e. The molecule has 33 heavy (non-hydrogen) atoms. The summed E-state index contributed by atoms with van der Waals surface area (Å²) >= 11 is 1.32. The van der Waals surface area contributed by atoms with Crippen molar-refractivity contribution in [2.24, 2.45) is 0 Å². The van der Waals surface area contributed by atoms with E-state index >= 15 is 0 Å². The number of phenolic OH excluding ortho intramolecular Hbond substituents is 1. The van der Waals surface area contributed by atoms with Gasteiger partial charge in [-0.25, -0.2) is 0 Å². The lowest BCUT2D eigenvalue weighted by Crippen LogP contribution is -2.13. The number of nitrogens with one attached hydrogen (secondary N) is 1. The van der Waals surface area contributed by atoms with Crippen molar-refractivity contribution in [3.63, 3.8) is 0 Å². The van der Waals surface area contributed by atoms with Crippen molar-refractivity contribution >= 4 is 33.4 Å². The van der Waals surface area contributed by atoms with Crippen LogP contribution in [0.5, 0.6) is 17.2 Å². The van der Waals surface area contributed by atoms with Gasteiger partial charge in [0.15, 0.2) is 5.75 Å². The molecular weight excluding hydrogens is 451 g/mol. The van der Waals surface area contributed by atoms with Crippen molar-refractivity contribution in [2.45, 2.75) is 6.18 Å². The van der Waals surface area contributed by atoms with Crippen LogP contribution in [0, 0.1) is 0 Å². The zero-order chi connectivity index (χ0) is 23.6. The summed E-state index contributed by atoms with van der Waals surface area (Å²) in [6.07, 6.45) is -1.34. The van der Waals surface area contributed by atoms with Crippen molar-refractivity contribution in [2.75, 3.05) is 7.05 Å². The molecule has 0 atom stereocenters. The predicted octanol–water partition coefficient (Wildman–Crippen LogP) is 6.84. The average Bonchev–Trinajstić information content (AvgIpc) is 3.15. The summed E-state index contributed by atoms with van der Waals surface area (Å²) in [6, 6.07) is 16.8. The number of benzene rings is 3. The van der Waals surface area contributed by atoms with Crippen LogP contribution in [0.2, 0.25) is 0 Å². The van der Waals surface area contributed by atoms with Crippen molar-refractivity contribution in [3.05, 3.63) is 83.9 Å². The van der Waals surface area contributed by atoms with Gasteiger partial charge in [-0.05, 0) is 59.7 Å². The van der Waals surface area contributed by atoms with Crippen molar-refractivity contribution in [3.8, 4) is 27.7 Å². The van der Waals surface area contributed by atoms with Crippen molar-refractivity contribution in [1.82, 2.24) is 5.32 Å². The molecular formula is C25H18F3NO3S. The third-order valence-electron chi connectivity index (χ3n) is 4.88. The molecule has 168 valence electrons. The summed E-state index contributed by atoms with van der Waals surface area (Å²) in [4.78, 5) is 12.0. The number of ether oxygens (including phenoxy) is 1. The number of rotatable bonds is 5. The maximum Gasteiger partial charge on any atom is 0.416 e. The molecule has 0 unspecified atom stereocenters. The molecule has 8 heteroatoms. The number of carbonyl (C=O) groups excluding carboxylic acids is 1. The maximum absolute atomic E-state index is 13.0. The Hall–Kier alpha value is -3.78. The van der Waals surface area contributed by atoms with E-state index in [2.05, 4.69) is 5.32 Å². The van der Waals surface area contributed by atoms with Crippen LogP contribution >= 0.6 is 11.3 Å². The molecule has 0 aliphatic carbocycles. The Kier molecular flexibility index (Phi) is 6.11. The first-order valence-corrected chi connectivity index (χ1v) is 10.7. The fourth-order valence-electron chi connectivity index (χ4n) is 3.18. The van der Waals surface area contributed by atoms with Gasteiger partial charge in [-0.3, -0.25) is 4.79 Å². The highest BCUT2D eigenvalue weighted by Gasteiger charge is 2.30. The van der Waals surface area contributed by atoms with E-state index < -0.39 is 11.7 Å². The number of aromatic hydroxyl groups is 1. The van der Waals surface area contributed by atoms with Gasteiger partial charge in [-0.15, -0.1) is 11.3 Å². The number of amides is 1. The lowest BCUT2D eigenvalue weighted by molar-refractivity contribution is -0.137. The lowest BCUT2D eigenvalue weighted by atomic mass is 10.1. The Morgan fingerprint density at radius 3 is 2.36 bits per heavy atom. The van der Waals surface area contributed by atoms with Crippen LogP contribution in [0.3, 0.4) is 0 Å². The third-order valence-corrected chi connectivity index (χ3v) is 6.06. The minimum Gasteiger partial charge on any atom is -0.508 e. The smallest absolute Gasteiger partial charge is 0.416 e. The standard InChI is InChI=1S/C25H18F3NO3S/c1-29-22(31)13-4-15-2-10-19(11-3-15)32-23-20-12-9-18(30)14-21(20)33-24(23)16-5-7-17(8-6-16)25(26,27)28/h2-14,30H,1H3,(H,29,31). The number of halogens is 3. The molecule has 1 heterocycles. The van der Waals surface area contributed by atoms with E-state index in [0.29, 0.717) is 21.9 Å². The molecule has 0 radical (unpaired) electrons. The third kappa shape index (κ3) is 5.01. The summed E-state index contributed by atoms with van der Waals surface area (Å²) in [5.41, 5.74) is 0.644. The first kappa shape index (κ1) is 22.4. The van der Waals surface area contributed by atoms with Crippen LogP contribution in [-0.2, 0) is 11.0 Å². The zero-order valence-corrected chi connectivity index (χ0v) is 18.1. The molecule has 0 saturated heterocycles. The van der Waals surface area contributed by atoms with E-state index in [1.807, 2.05) is 0 Å². The van der Waals surface area contributed by atoms with E-state index in [9.17, 15) is 23.1 Å². The van der Waals surface area contributed by atoms with Gasteiger partial charge in [0.05, 0.1) is 10.4 Å². The van der Waals surface area contributed by atoms with Crippen LogP contribution in [0.15, 0.2) is 72.8 Å². The fourth-order valence-corrected chi connectivity index (χ4v) is 4.35. The van der Waals surface area contributed by atoms with Gasteiger partial charge >= 0.3 is 6.18 Å². The Balaban J connectivity index is 1.71. The number of hydrogen-bond donors (Lipinski definition) is 2. The number of alkyl halides is 3. The second-order valence-corrected chi connectivity index (χ2v) is 8.19. The topological polar surface area (TPSA) is 58.6 Å². The van der Waals surface area contributed by atoms with E-state index in [-0.39, 0.29) is 11.7 Å². The minimum absolute atomic E-state index is 0.0847. The predicted molar refractivity (Wildman–Crippen MR) is 124 cm³/mol. The number of fused-ring (bicyclic) bond motifs is 1. The van der Waals surface area contributed by atoms with Gasteiger partial charge in [0.1, 0.15) is 11.5 Å². The lowest BCUT2D eigenvalue weighted by Gasteiger charge is -2.10. The second kappa shape index (κ2) is 8.99. The molecule has 1 aromatic heterocycles. The molecule has 4 aromatic rings. The molecule has 2 N–H and O–H groups in total. The Bertz CT molecular complexity index is 1320. The molecule has 0 fully saturated rings. The Labute approximate surface area is 191 Å². The van der Waals surface area contributed by atoms with E-state index in [1.54, 1.807) is 49.5 Å². The zero-order valence-electron chi connectivity index (χ0n) is 17.3. The highest BCUT2D eigenvalue weighted by atomic mass is 32.1. The molecule has 0 saturated carbocycles.